The quantitative estimate of drug-likeness (QED) is 0.564. The Kier molecular flexibility index (Phi) is 2.07. The zero-order valence-corrected chi connectivity index (χ0v) is 10.3. The van der Waals surface area contributed by atoms with Crippen LogP contribution in [0.3, 0.4) is 0 Å². The molecule has 0 heterocycles. The van der Waals surface area contributed by atoms with E-state index in [9.17, 15) is 0 Å². The van der Waals surface area contributed by atoms with Gasteiger partial charge in [-0.05, 0) is 25.7 Å². The number of allylic oxidation sites excluding steroid dienone is 8. The molecular weight excluding hydrogens is 248 g/mol. The van der Waals surface area contributed by atoms with Crippen molar-refractivity contribution in [2.75, 3.05) is 0 Å². The van der Waals surface area contributed by atoms with Crippen molar-refractivity contribution in [3.05, 3.63) is 47.0 Å². The monoisotopic (exact) mass is 262 g/mol. The molecule has 3 aliphatic rings. The van der Waals surface area contributed by atoms with Gasteiger partial charge in [-0.1, -0.05) is 58.5 Å². The molecule has 0 unspecified atom stereocenters. The van der Waals surface area contributed by atoms with Crippen molar-refractivity contribution in [3.63, 3.8) is 0 Å². The third kappa shape index (κ3) is 1.13. The van der Waals surface area contributed by atoms with Gasteiger partial charge in [0.15, 0.2) is 0 Å². The molecule has 0 spiro atoms. The lowest BCUT2D eigenvalue weighted by molar-refractivity contribution is 0.121. The highest BCUT2D eigenvalue weighted by Gasteiger charge is 2.52. The Morgan fingerprint density at radius 2 is 1.53 bits per heavy atom. The van der Waals surface area contributed by atoms with Crippen LogP contribution in [0.25, 0.3) is 0 Å². The van der Waals surface area contributed by atoms with Crippen LogP contribution >= 0.6 is 15.9 Å². The molecular formula is C14H15Br. The van der Waals surface area contributed by atoms with Gasteiger partial charge in [0.2, 0.25) is 0 Å². The highest BCUT2D eigenvalue weighted by atomic mass is 79.9. The lowest BCUT2D eigenvalue weighted by Crippen LogP contribution is -2.44. The first-order chi connectivity index (χ1) is 7.29. The number of rotatable bonds is 0. The summed E-state index contributed by atoms with van der Waals surface area (Å²) >= 11 is 3.80. The number of hydrogen-bond donors (Lipinski definition) is 0. The molecule has 0 saturated heterocycles. The molecule has 78 valence electrons. The van der Waals surface area contributed by atoms with E-state index in [1.54, 1.807) is 0 Å². The van der Waals surface area contributed by atoms with Gasteiger partial charge < -0.3 is 0 Å². The molecule has 0 radical (unpaired) electrons. The van der Waals surface area contributed by atoms with Crippen molar-refractivity contribution in [3.8, 4) is 0 Å². The van der Waals surface area contributed by atoms with Crippen LogP contribution in [0.2, 0.25) is 0 Å². The van der Waals surface area contributed by atoms with Crippen LogP contribution in [0.4, 0.5) is 0 Å². The summed E-state index contributed by atoms with van der Waals surface area (Å²) < 4.78 is 1.39. The van der Waals surface area contributed by atoms with E-state index in [4.69, 9.17) is 0 Å². The van der Waals surface area contributed by atoms with Crippen molar-refractivity contribution >= 4 is 15.9 Å². The molecule has 0 aliphatic heterocycles. The fourth-order valence-corrected chi connectivity index (χ4v) is 4.20. The molecule has 3 aliphatic carbocycles. The third-order valence-electron chi connectivity index (χ3n) is 4.30. The Bertz CT molecular complexity index is 378. The lowest BCUT2D eigenvalue weighted by atomic mass is 9.52. The van der Waals surface area contributed by atoms with E-state index in [1.165, 1.54) is 30.2 Å². The minimum Gasteiger partial charge on any atom is -0.0876 e. The standard InChI is InChI=1S/C14H15Br/c15-12-6-5-9-13-7-1-3-10-14(12,13)11-4-2-8-13/h1-6,9H,7-8,10-11H2. The average molecular weight is 263 g/mol. The third-order valence-corrected chi connectivity index (χ3v) is 5.32. The Balaban J connectivity index is 2.19. The summed E-state index contributed by atoms with van der Waals surface area (Å²) in [6.07, 6.45) is 21.0. The van der Waals surface area contributed by atoms with Crippen molar-refractivity contribution < 1.29 is 0 Å². The van der Waals surface area contributed by atoms with Crippen LogP contribution in [0.5, 0.6) is 0 Å². The summed E-state index contributed by atoms with van der Waals surface area (Å²) in [5.74, 6) is 0. The summed E-state index contributed by atoms with van der Waals surface area (Å²) in [6.45, 7) is 0. The highest BCUT2D eigenvalue weighted by molar-refractivity contribution is 9.11. The molecule has 0 saturated carbocycles. The molecule has 3 rings (SSSR count). The van der Waals surface area contributed by atoms with Crippen molar-refractivity contribution in [1.82, 2.24) is 0 Å². The molecule has 0 atom stereocenters. The molecule has 0 fully saturated rings. The highest BCUT2D eigenvalue weighted by Crippen LogP contribution is 2.62. The smallest absolute Gasteiger partial charge is 0.0185 e. The molecule has 0 aromatic heterocycles. The molecule has 0 N–H and O–H groups in total. The van der Waals surface area contributed by atoms with Crippen LogP contribution in [0.15, 0.2) is 47.0 Å². The summed E-state index contributed by atoms with van der Waals surface area (Å²) in [5, 5.41) is 0. The van der Waals surface area contributed by atoms with E-state index in [-0.39, 0.29) is 0 Å². The molecule has 15 heavy (non-hydrogen) atoms. The maximum absolute atomic E-state index is 3.80. The van der Waals surface area contributed by atoms with Crippen molar-refractivity contribution in [1.29, 1.82) is 0 Å². The van der Waals surface area contributed by atoms with E-state index in [2.05, 4.69) is 58.5 Å². The Hall–Kier alpha value is -0.560. The second-order valence-electron chi connectivity index (χ2n) is 4.87. The number of halogens is 1. The predicted octanol–water partition coefficient (Wildman–Crippen LogP) is 4.51. The maximum atomic E-state index is 3.80. The van der Waals surface area contributed by atoms with Crippen LogP contribution in [-0.2, 0) is 0 Å². The molecule has 0 aromatic rings. The molecule has 1 heteroatoms. The van der Waals surface area contributed by atoms with Crippen molar-refractivity contribution in [2.24, 2.45) is 10.8 Å². The Morgan fingerprint density at radius 1 is 0.933 bits per heavy atom. The Morgan fingerprint density at radius 3 is 2.13 bits per heavy atom. The second kappa shape index (κ2) is 3.21. The fourth-order valence-electron chi connectivity index (χ4n) is 3.32. The first kappa shape index (κ1) is 9.65. The van der Waals surface area contributed by atoms with Crippen LogP contribution in [-0.4, -0.2) is 0 Å². The summed E-state index contributed by atoms with van der Waals surface area (Å²) in [4.78, 5) is 0. The van der Waals surface area contributed by atoms with Gasteiger partial charge in [-0.25, -0.2) is 0 Å². The van der Waals surface area contributed by atoms with Crippen LogP contribution in [0.1, 0.15) is 25.7 Å². The average Bonchev–Trinajstić information content (AvgIpc) is 2.28. The van der Waals surface area contributed by atoms with E-state index in [1.807, 2.05) is 0 Å². The minimum atomic E-state index is 0.325. The second-order valence-corrected chi connectivity index (χ2v) is 5.73. The SMILES string of the molecule is BrC1=CC=CC23CC=CCC12CC=CC3. The van der Waals surface area contributed by atoms with E-state index >= 15 is 0 Å². The molecule has 0 nitrogen and oxygen atoms in total. The van der Waals surface area contributed by atoms with E-state index in [0.29, 0.717) is 10.8 Å². The first-order valence-corrected chi connectivity index (χ1v) is 6.44. The van der Waals surface area contributed by atoms with Gasteiger partial charge in [-0.15, -0.1) is 0 Å². The Labute approximate surface area is 99.6 Å². The first-order valence-electron chi connectivity index (χ1n) is 5.65. The topological polar surface area (TPSA) is 0 Å². The van der Waals surface area contributed by atoms with Gasteiger partial charge in [0.25, 0.3) is 0 Å². The zero-order valence-electron chi connectivity index (χ0n) is 8.75. The van der Waals surface area contributed by atoms with Crippen molar-refractivity contribution in [2.45, 2.75) is 25.7 Å². The number of hydrogen-bond acceptors (Lipinski definition) is 0. The summed E-state index contributed by atoms with van der Waals surface area (Å²) in [5.41, 5.74) is 0.676. The van der Waals surface area contributed by atoms with Gasteiger partial charge in [-0.3, -0.25) is 0 Å². The van der Waals surface area contributed by atoms with Gasteiger partial charge in [-0.2, -0.15) is 0 Å². The zero-order chi connectivity index (χ0) is 10.4. The van der Waals surface area contributed by atoms with Crippen LogP contribution in [0, 0.1) is 10.8 Å². The molecule has 0 amide bonds. The maximum Gasteiger partial charge on any atom is 0.0185 e. The normalized spacial score (nSPS) is 42.1. The molecule has 0 aromatic carbocycles. The fraction of sp³-hybridized carbons (Fsp3) is 0.429. The molecule has 0 bridgehead atoms. The van der Waals surface area contributed by atoms with Gasteiger partial charge in [0.05, 0.1) is 0 Å². The van der Waals surface area contributed by atoms with Crippen LogP contribution < -0.4 is 0 Å². The van der Waals surface area contributed by atoms with E-state index in [0.717, 1.165) is 0 Å². The largest absolute Gasteiger partial charge is 0.0876 e. The van der Waals surface area contributed by atoms with Gasteiger partial charge >= 0.3 is 0 Å². The summed E-state index contributed by atoms with van der Waals surface area (Å²) in [7, 11) is 0. The van der Waals surface area contributed by atoms with E-state index < -0.39 is 0 Å². The lowest BCUT2D eigenvalue weighted by Gasteiger charge is -2.53. The van der Waals surface area contributed by atoms with Gasteiger partial charge in [0.1, 0.15) is 0 Å². The summed E-state index contributed by atoms with van der Waals surface area (Å²) in [6, 6.07) is 0. The predicted molar refractivity (Wildman–Crippen MR) is 67.8 cm³/mol. The minimum absolute atomic E-state index is 0.325. The van der Waals surface area contributed by atoms with Gasteiger partial charge in [0, 0.05) is 15.3 Å².